The van der Waals surface area contributed by atoms with Gasteiger partial charge in [0.15, 0.2) is 5.82 Å². The van der Waals surface area contributed by atoms with E-state index in [1.165, 1.54) is 5.56 Å². The van der Waals surface area contributed by atoms with E-state index in [1.807, 2.05) is 36.4 Å². The van der Waals surface area contributed by atoms with Gasteiger partial charge in [-0.15, -0.1) is 10.2 Å². The molecule has 0 unspecified atom stereocenters. The third-order valence-corrected chi connectivity index (χ3v) is 5.45. The summed E-state index contributed by atoms with van der Waals surface area (Å²) in [6.45, 7) is 2.49. The Bertz CT molecular complexity index is 905. The van der Waals surface area contributed by atoms with Crippen molar-refractivity contribution in [1.29, 1.82) is 0 Å². The SMILES string of the molecule is O[C@H]1c2ccccc2C[C@H]1N1CCn2c(nnc2-c2ccccc2)C1. The first-order valence-electron chi connectivity index (χ1n) is 8.78. The molecule has 0 fully saturated rings. The summed E-state index contributed by atoms with van der Waals surface area (Å²) in [7, 11) is 0. The van der Waals surface area contributed by atoms with Crippen molar-refractivity contribution in [2.24, 2.45) is 0 Å². The molecule has 2 atom stereocenters. The predicted molar refractivity (Wildman–Crippen MR) is 94.8 cm³/mol. The molecule has 1 N–H and O–H groups in total. The van der Waals surface area contributed by atoms with Gasteiger partial charge in [0.05, 0.1) is 12.6 Å². The van der Waals surface area contributed by atoms with Gasteiger partial charge in [0.2, 0.25) is 0 Å². The van der Waals surface area contributed by atoms with Crippen molar-refractivity contribution in [3.8, 4) is 11.4 Å². The minimum Gasteiger partial charge on any atom is -0.387 e. The van der Waals surface area contributed by atoms with Crippen LogP contribution in [0.15, 0.2) is 54.6 Å². The van der Waals surface area contributed by atoms with Crippen molar-refractivity contribution in [2.75, 3.05) is 6.54 Å². The summed E-state index contributed by atoms with van der Waals surface area (Å²) < 4.78 is 2.21. The van der Waals surface area contributed by atoms with Gasteiger partial charge in [-0.1, -0.05) is 54.6 Å². The molecule has 5 heteroatoms. The van der Waals surface area contributed by atoms with Gasteiger partial charge in [-0.25, -0.2) is 0 Å². The number of aromatic nitrogens is 3. The van der Waals surface area contributed by atoms with Gasteiger partial charge in [-0.2, -0.15) is 0 Å². The van der Waals surface area contributed by atoms with Crippen molar-refractivity contribution < 1.29 is 5.11 Å². The number of hydrogen-bond acceptors (Lipinski definition) is 4. The fraction of sp³-hybridized carbons (Fsp3) is 0.300. The molecule has 0 spiro atoms. The smallest absolute Gasteiger partial charge is 0.164 e. The van der Waals surface area contributed by atoms with Crippen molar-refractivity contribution in [3.05, 3.63) is 71.5 Å². The molecule has 2 aliphatic rings. The van der Waals surface area contributed by atoms with Crippen LogP contribution in [-0.2, 0) is 19.5 Å². The third kappa shape index (κ3) is 2.39. The van der Waals surface area contributed by atoms with E-state index < -0.39 is 6.10 Å². The van der Waals surface area contributed by atoms with Crippen LogP contribution < -0.4 is 0 Å². The largest absolute Gasteiger partial charge is 0.387 e. The second kappa shape index (κ2) is 5.79. The predicted octanol–water partition coefficient (Wildman–Crippen LogP) is 2.42. The maximum atomic E-state index is 10.7. The number of benzene rings is 2. The molecule has 126 valence electrons. The van der Waals surface area contributed by atoms with Crippen LogP contribution in [0.4, 0.5) is 0 Å². The topological polar surface area (TPSA) is 54.2 Å². The molecule has 0 amide bonds. The van der Waals surface area contributed by atoms with Gasteiger partial charge in [0, 0.05) is 24.7 Å². The van der Waals surface area contributed by atoms with Crippen molar-refractivity contribution in [2.45, 2.75) is 31.7 Å². The molecule has 1 aliphatic heterocycles. The molecule has 0 radical (unpaired) electrons. The van der Waals surface area contributed by atoms with Gasteiger partial charge < -0.3 is 9.67 Å². The van der Waals surface area contributed by atoms with Crippen LogP contribution in [0.3, 0.4) is 0 Å². The molecule has 0 saturated carbocycles. The van der Waals surface area contributed by atoms with Crippen LogP contribution in [0.1, 0.15) is 23.1 Å². The van der Waals surface area contributed by atoms with Gasteiger partial charge in [0.25, 0.3) is 0 Å². The number of rotatable bonds is 2. The summed E-state index contributed by atoms with van der Waals surface area (Å²) in [5.41, 5.74) is 3.43. The summed E-state index contributed by atoms with van der Waals surface area (Å²) in [6.07, 6.45) is 0.482. The molecule has 0 bridgehead atoms. The van der Waals surface area contributed by atoms with Gasteiger partial charge in [0.1, 0.15) is 5.82 Å². The van der Waals surface area contributed by atoms with Crippen LogP contribution in [0.25, 0.3) is 11.4 Å². The van der Waals surface area contributed by atoms with Crippen LogP contribution in [0.5, 0.6) is 0 Å². The lowest BCUT2D eigenvalue weighted by atomic mass is 10.1. The lowest BCUT2D eigenvalue weighted by Gasteiger charge is -2.34. The highest BCUT2D eigenvalue weighted by Gasteiger charge is 2.37. The van der Waals surface area contributed by atoms with Crippen molar-refractivity contribution >= 4 is 0 Å². The number of nitrogens with zero attached hydrogens (tertiary/aromatic N) is 4. The Morgan fingerprint density at radius 2 is 1.72 bits per heavy atom. The van der Waals surface area contributed by atoms with Gasteiger partial charge in [-0.3, -0.25) is 4.90 Å². The molecule has 25 heavy (non-hydrogen) atoms. The molecule has 0 saturated heterocycles. The van der Waals surface area contributed by atoms with E-state index in [-0.39, 0.29) is 6.04 Å². The maximum absolute atomic E-state index is 10.7. The van der Waals surface area contributed by atoms with E-state index in [1.54, 1.807) is 0 Å². The van der Waals surface area contributed by atoms with E-state index in [9.17, 15) is 5.11 Å². The molecule has 2 heterocycles. The summed E-state index contributed by atoms with van der Waals surface area (Å²) in [6, 6.07) is 18.5. The van der Waals surface area contributed by atoms with E-state index in [2.05, 4.69) is 37.9 Å². The van der Waals surface area contributed by atoms with Crippen LogP contribution in [0.2, 0.25) is 0 Å². The Balaban J connectivity index is 1.40. The lowest BCUT2D eigenvalue weighted by Crippen LogP contribution is -2.43. The Labute approximate surface area is 146 Å². The molecule has 2 aromatic carbocycles. The number of aliphatic hydroxyl groups excluding tert-OH is 1. The standard InChI is InChI=1S/C20H20N4O/c25-19-16-9-5-4-8-15(16)12-17(19)23-10-11-24-18(13-23)21-22-20(24)14-6-2-1-3-7-14/h1-9,17,19,25H,10-13H2/t17-,19+/m1/s1. The number of hydrogen-bond donors (Lipinski definition) is 1. The first kappa shape index (κ1) is 14.8. The number of fused-ring (bicyclic) bond motifs is 2. The first-order valence-corrected chi connectivity index (χ1v) is 8.78. The molecular formula is C20H20N4O. The minimum atomic E-state index is -0.417. The fourth-order valence-electron chi connectivity index (χ4n) is 4.14. The number of aliphatic hydroxyl groups is 1. The summed E-state index contributed by atoms with van der Waals surface area (Å²) in [5, 5.41) is 19.6. The van der Waals surface area contributed by atoms with Gasteiger partial charge >= 0.3 is 0 Å². The second-order valence-corrected chi connectivity index (χ2v) is 6.84. The summed E-state index contributed by atoms with van der Waals surface area (Å²) in [4.78, 5) is 2.35. The zero-order chi connectivity index (χ0) is 16.8. The van der Waals surface area contributed by atoms with E-state index in [0.717, 1.165) is 48.8 Å². The summed E-state index contributed by atoms with van der Waals surface area (Å²) >= 11 is 0. The third-order valence-electron chi connectivity index (χ3n) is 5.45. The minimum absolute atomic E-state index is 0.128. The zero-order valence-corrected chi connectivity index (χ0v) is 13.9. The highest BCUT2D eigenvalue weighted by molar-refractivity contribution is 5.55. The average Bonchev–Trinajstić information content (AvgIpc) is 3.24. The van der Waals surface area contributed by atoms with Crippen LogP contribution in [0, 0.1) is 0 Å². The van der Waals surface area contributed by atoms with E-state index >= 15 is 0 Å². The zero-order valence-electron chi connectivity index (χ0n) is 13.9. The Morgan fingerprint density at radius 3 is 2.56 bits per heavy atom. The Morgan fingerprint density at radius 1 is 0.920 bits per heavy atom. The van der Waals surface area contributed by atoms with Crippen molar-refractivity contribution in [3.63, 3.8) is 0 Å². The Kier molecular flexibility index (Phi) is 3.43. The van der Waals surface area contributed by atoms with Crippen LogP contribution in [-0.4, -0.2) is 37.4 Å². The second-order valence-electron chi connectivity index (χ2n) is 6.84. The molecule has 5 rings (SSSR count). The highest BCUT2D eigenvalue weighted by Crippen LogP contribution is 2.36. The fourth-order valence-corrected chi connectivity index (χ4v) is 4.14. The highest BCUT2D eigenvalue weighted by atomic mass is 16.3. The quantitative estimate of drug-likeness (QED) is 0.783. The molecular weight excluding hydrogens is 312 g/mol. The molecule has 5 nitrogen and oxygen atoms in total. The van der Waals surface area contributed by atoms with E-state index in [4.69, 9.17) is 0 Å². The monoisotopic (exact) mass is 332 g/mol. The molecule has 1 aliphatic carbocycles. The Hall–Kier alpha value is -2.50. The molecule has 3 aromatic rings. The normalized spacial score (nSPS) is 22.6. The first-order chi connectivity index (χ1) is 12.3. The van der Waals surface area contributed by atoms with E-state index in [0.29, 0.717) is 0 Å². The summed E-state index contributed by atoms with van der Waals surface area (Å²) in [5.74, 6) is 1.92. The average molecular weight is 332 g/mol. The maximum Gasteiger partial charge on any atom is 0.164 e. The van der Waals surface area contributed by atoms with Gasteiger partial charge in [-0.05, 0) is 17.5 Å². The van der Waals surface area contributed by atoms with Crippen LogP contribution >= 0.6 is 0 Å². The lowest BCUT2D eigenvalue weighted by molar-refractivity contribution is 0.0439. The van der Waals surface area contributed by atoms with Crippen molar-refractivity contribution in [1.82, 2.24) is 19.7 Å². The molecule has 1 aromatic heterocycles.